The quantitative estimate of drug-likeness (QED) is 0.597. The lowest BCUT2D eigenvalue weighted by Crippen LogP contribution is -2.30. The molecule has 20 heavy (non-hydrogen) atoms. The first-order chi connectivity index (χ1) is 9.52. The minimum absolute atomic E-state index is 0.0105. The Morgan fingerprint density at radius 2 is 2.00 bits per heavy atom. The van der Waals surface area contributed by atoms with E-state index in [0.29, 0.717) is 5.56 Å². The Bertz CT molecular complexity index is 568. The third-order valence-corrected chi connectivity index (χ3v) is 3.06. The first-order valence-corrected chi connectivity index (χ1v) is 6.07. The van der Waals surface area contributed by atoms with Crippen LogP contribution in [-0.2, 0) is 0 Å². The van der Waals surface area contributed by atoms with Gasteiger partial charge in [0.05, 0.1) is 17.8 Å². The van der Waals surface area contributed by atoms with E-state index < -0.39 is 23.9 Å². The van der Waals surface area contributed by atoms with Crippen LogP contribution in [0.5, 0.6) is 0 Å². The third-order valence-electron chi connectivity index (χ3n) is 3.06. The predicted octanol–water partition coefficient (Wildman–Crippen LogP) is -0.653. The van der Waals surface area contributed by atoms with E-state index in [-0.39, 0.29) is 25.3 Å². The van der Waals surface area contributed by atoms with E-state index in [1.54, 1.807) is 0 Å². The van der Waals surface area contributed by atoms with Crippen molar-refractivity contribution in [1.29, 1.82) is 0 Å². The maximum atomic E-state index is 13.3. The lowest BCUT2D eigenvalue weighted by molar-refractivity contribution is 0.0572. The number of nitrogens with zero attached hydrogens (tertiary/aromatic N) is 1. The zero-order chi connectivity index (χ0) is 14.7. The van der Waals surface area contributed by atoms with Crippen LogP contribution < -0.4 is 0 Å². The molecule has 0 aromatic heterocycles. The van der Waals surface area contributed by atoms with Crippen LogP contribution in [0, 0.1) is 17.7 Å². The molecule has 1 fully saturated rings. The Balaban J connectivity index is 2.31. The molecule has 0 spiro atoms. The number of β-amino-alcohol motifs (C(OH)–C–C–N with tert-alkyl or cyclic N) is 2. The molecule has 0 radical (unpaired) electrons. The number of amides is 1. The van der Waals surface area contributed by atoms with Gasteiger partial charge in [0.25, 0.3) is 5.91 Å². The van der Waals surface area contributed by atoms with E-state index in [4.69, 9.17) is 5.11 Å². The van der Waals surface area contributed by atoms with Gasteiger partial charge in [-0.25, -0.2) is 4.39 Å². The number of aliphatic hydroxyl groups excluding tert-OH is 3. The summed E-state index contributed by atoms with van der Waals surface area (Å²) in [5.41, 5.74) is 0.341. The highest BCUT2D eigenvalue weighted by atomic mass is 19.1. The number of rotatable bonds is 1. The molecule has 1 aromatic rings. The van der Waals surface area contributed by atoms with Crippen molar-refractivity contribution in [2.45, 2.75) is 12.2 Å². The molecule has 6 heteroatoms. The third kappa shape index (κ3) is 2.96. The van der Waals surface area contributed by atoms with E-state index in [1.807, 2.05) is 0 Å². The lowest BCUT2D eigenvalue weighted by Gasteiger charge is -2.16. The van der Waals surface area contributed by atoms with Gasteiger partial charge in [0.2, 0.25) is 0 Å². The average molecular weight is 279 g/mol. The number of hydrogen-bond acceptors (Lipinski definition) is 4. The zero-order valence-electron chi connectivity index (χ0n) is 10.6. The molecular weight excluding hydrogens is 265 g/mol. The number of carbonyl (C=O) groups is 1. The fourth-order valence-electron chi connectivity index (χ4n) is 2.04. The summed E-state index contributed by atoms with van der Waals surface area (Å²) in [6, 6.07) is 3.58. The Morgan fingerprint density at radius 3 is 2.60 bits per heavy atom. The monoisotopic (exact) mass is 279 g/mol. The summed E-state index contributed by atoms with van der Waals surface area (Å²) >= 11 is 0. The van der Waals surface area contributed by atoms with Crippen molar-refractivity contribution in [2.24, 2.45) is 0 Å². The Hall–Kier alpha value is -1.94. The molecule has 1 saturated heterocycles. The molecule has 1 aromatic carbocycles. The highest BCUT2D eigenvalue weighted by molar-refractivity contribution is 5.97. The van der Waals surface area contributed by atoms with Crippen LogP contribution >= 0.6 is 0 Å². The zero-order valence-corrected chi connectivity index (χ0v) is 10.6. The minimum Gasteiger partial charge on any atom is -0.388 e. The van der Waals surface area contributed by atoms with Crippen molar-refractivity contribution in [3.05, 3.63) is 35.1 Å². The van der Waals surface area contributed by atoms with Crippen LogP contribution in [0.4, 0.5) is 4.39 Å². The maximum absolute atomic E-state index is 13.3. The summed E-state index contributed by atoms with van der Waals surface area (Å²) in [6.45, 7) is -0.390. The van der Waals surface area contributed by atoms with E-state index in [2.05, 4.69) is 11.8 Å². The largest absolute Gasteiger partial charge is 0.388 e. The summed E-state index contributed by atoms with van der Waals surface area (Å²) in [5, 5.41) is 27.6. The number of likely N-dealkylation sites (tertiary alicyclic amines) is 1. The van der Waals surface area contributed by atoms with Gasteiger partial charge in [0.15, 0.2) is 0 Å². The maximum Gasteiger partial charge on any atom is 0.255 e. The normalized spacial score (nSPS) is 21.5. The Labute approximate surface area is 115 Å². The van der Waals surface area contributed by atoms with Crippen LogP contribution in [0.1, 0.15) is 15.9 Å². The fourth-order valence-corrected chi connectivity index (χ4v) is 2.04. The molecule has 2 rings (SSSR count). The van der Waals surface area contributed by atoms with E-state index in [1.165, 1.54) is 17.0 Å². The summed E-state index contributed by atoms with van der Waals surface area (Å²) in [6.07, 6.45) is -2.00. The van der Waals surface area contributed by atoms with Crippen LogP contribution in [0.3, 0.4) is 0 Å². The van der Waals surface area contributed by atoms with Crippen molar-refractivity contribution in [3.63, 3.8) is 0 Å². The molecule has 1 aliphatic heterocycles. The first-order valence-electron chi connectivity index (χ1n) is 6.07. The van der Waals surface area contributed by atoms with Gasteiger partial charge >= 0.3 is 0 Å². The number of benzene rings is 1. The summed E-state index contributed by atoms with van der Waals surface area (Å²) in [7, 11) is 0. The van der Waals surface area contributed by atoms with Gasteiger partial charge in [-0.05, 0) is 18.2 Å². The fraction of sp³-hybridized carbons (Fsp3) is 0.357. The van der Waals surface area contributed by atoms with Crippen molar-refractivity contribution in [2.75, 3.05) is 19.7 Å². The molecule has 1 heterocycles. The molecule has 106 valence electrons. The number of carbonyl (C=O) groups excluding carboxylic acids is 1. The molecule has 5 nitrogen and oxygen atoms in total. The van der Waals surface area contributed by atoms with Crippen molar-refractivity contribution in [1.82, 2.24) is 4.90 Å². The molecule has 1 aliphatic rings. The second-order valence-electron chi connectivity index (χ2n) is 4.49. The Kier molecular flexibility index (Phi) is 4.35. The number of aliphatic hydroxyl groups is 3. The van der Waals surface area contributed by atoms with Crippen molar-refractivity contribution >= 4 is 5.91 Å². The van der Waals surface area contributed by atoms with Crippen molar-refractivity contribution < 1.29 is 24.5 Å². The molecular formula is C14H14FNO4. The molecule has 1 amide bonds. The average Bonchev–Trinajstić information content (AvgIpc) is 2.76. The van der Waals surface area contributed by atoms with E-state index >= 15 is 0 Å². The van der Waals surface area contributed by atoms with Gasteiger partial charge < -0.3 is 20.2 Å². The van der Waals surface area contributed by atoms with Gasteiger partial charge in [-0.1, -0.05) is 11.8 Å². The van der Waals surface area contributed by atoms with Gasteiger partial charge in [0, 0.05) is 18.7 Å². The first kappa shape index (κ1) is 14.5. The predicted molar refractivity (Wildman–Crippen MR) is 68.3 cm³/mol. The SMILES string of the molecule is O=C(c1cc(F)ccc1C#CCO)N1CC(O)C(O)C1. The number of hydrogen-bond donors (Lipinski definition) is 3. The van der Waals surface area contributed by atoms with Crippen LogP contribution in [0.25, 0.3) is 0 Å². The summed E-state index contributed by atoms with van der Waals surface area (Å²) < 4.78 is 13.3. The van der Waals surface area contributed by atoms with Crippen LogP contribution in [-0.4, -0.2) is 58.0 Å². The number of halogens is 1. The van der Waals surface area contributed by atoms with Gasteiger partial charge in [0.1, 0.15) is 12.4 Å². The minimum atomic E-state index is -1.00. The molecule has 3 N–H and O–H groups in total. The molecule has 0 aliphatic carbocycles. The summed E-state index contributed by atoms with van der Waals surface area (Å²) in [5.74, 6) is 3.89. The van der Waals surface area contributed by atoms with E-state index in [0.717, 1.165) is 6.07 Å². The van der Waals surface area contributed by atoms with Crippen LogP contribution in [0.15, 0.2) is 18.2 Å². The highest BCUT2D eigenvalue weighted by Gasteiger charge is 2.33. The molecule has 2 atom stereocenters. The van der Waals surface area contributed by atoms with Gasteiger partial charge in [-0.2, -0.15) is 0 Å². The second kappa shape index (κ2) is 6.01. The molecule has 0 saturated carbocycles. The second-order valence-corrected chi connectivity index (χ2v) is 4.49. The standard InChI is InChI=1S/C14H14FNO4/c15-10-4-3-9(2-1-5-17)11(6-10)14(20)16-7-12(18)13(19)8-16/h3-4,6,12-13,17-19H,5,7-8H2. The van der Waals surface area contributed by atoms with Gasteiger partial charge in [-0.3, -0.25) is 4.79 Å². The topological polar surface area (TPSA) is 81.0 Å². The smallest absolute Gasteiger partial charge is 0.255 e. The highest BCUT2D eigenvalue weighted by Crippen LogP contribution is 2.18. The Morgan fingerprint density at radius 1 is 1.35 bits per heavy atom. The van der Waals surface area contributed by atoms with E-state index in [9.17, 15) is 19.4 Å². The van der Waals surface area contributed by atoms with Gasteiger partial charge in [-0.15, -0.1) is 0 Å². The summed E-state index contributed by atoms with van der Waals surface area (Å²) in [4.78, 5) is 13.5. The molecule has 0 bridgehead atoms. The molecule has 2 unspecified atom stereocenters. The lowest BCUT2D eigenvalue weighted by atomic mass is 10.1. The van der Waals surface area contributed by atoms with Crippen molar-refractivity contribution in [3.8, 4) is 11.8 Å². The van der Waals surface area contributed by atoms with Crippen LogP contribution in [0.2, 0.25) is 0 Å².